The van der Waals surface area contributed by atoms with Crippen molar-refractivity contribution in [1.29, 1.82) is 0 Å². The molecule has 1 rings (SSSR count). The lowest BCUT2D eigenvalue weighted by atomic mass is 10.0. The molecule has 0 unspecified atom stereocenters. The minimum absolute atomic E-state index is 0.148. The van der Waals surface area contributed by atoms with E-state index in [9.17, 15) is 39.9 Å². The minimum Gasteiger partial charge on any atom is -0.287 e. The average Bonchev–Trinajstić information content (AvgIpc) is 2.25. The molecule has 10 heteroatoms. The van der Waals surface area contributed by atoms with Gasteiger partial charge in [0.05, 0.1) is 10.6 Å². The number of halogens is 9. The van der Waals surface area contributed by atoms with Gasteiger partial charge in [0, 0.05) is 5.56 Å². The molecule has 0 amide bonds. The summed E-state index contributed by atoms with van der Waals surface area (Å²) in [4.78, 5) is 11.1. The molecular formula is C10H3ClF8O. The highest BCUT2D eigenvalue weighted by Gasteiger charge is 2.63. The molecule has 112 valence electrons. The normalized spacial score (nSPS) is 13.4. The summed E-state index contributed by atoms with van der Waals surface area (Å²) in [5.41, 5.74) is -3.12. The van der Waals surface area contributed by atoms with Gasteiger partial charge in [0.2, 0.25) is 5.78 Å². The van der Waals surface area contributed by atoms with E-state index in [1.807, 2.05) is 0 Å². The zero-order chi connectivity index (χ0) is 15.9. The Morgan fingerprint density at radius 3 is 1.85 bits per heavy atom. The summed E-state index contributed by atoms with van der Waals surface area (Å²) in [6, 6.07) is 0.624. The Kier molecular flexibility index (Phi) is 4.06. The lowest BCUT2D eigenvalue weighted by molar-refractivity contribution is -0.255. The van der Waals surface area contributed by atoms with Crippen molar-refractivity contribution in [3.8, 4) is 0 Å². The first-order valence-corrected chi connectivity index (χ1v) is 5.02. The lowest BCUT2D eigenvalue weighted by Gasteiger charge is -2.19. The van der Waals surface area contributed by atoms with E-state index in [1.165, 1.54) is 0 Å². The third-order valence-electron chi connectivity index (χ3n) is 2.18. The van der Waals surface area contributed by atoms with Gasteiger partial charge in [0.1, 0.15) is 0 Å². The second-order valence-corrected chi connectivity index (χ2v) is 4.00. The average molecular weight is 327 g/mol. The molecule has 0 radical (unpaired) electrons. The molecule has 0 heterocycles. The van der Waals surface area contributed by atoms with Crippen LogP contribution in [0.15, 0.2) is 18.2 Å². The fourth-order valence-corrected chi connectivity index (χ4v) is 1.38. The molecule has 0 N–H and O–H groups in total. The predicted octanol–water partition coefficient (Wildman–Crippen LogP) is 4.74. The van der Waals surface area contributed by atoms with E-state index < -0.39 is 40.2 Å². The summed E-state index contributed by atoms with van der Waals surface area (Å²) in [5, 5.41) is -0.938. The Hall–Kier alpha value is -1.38. The molecule has 0 saturated heterocycles. The number of hydrogen-bond acceptors (Lipinski definition) is 1. The van der Waals surface area contributed by atoms with E-state index in [-0.39, 0.29) is 6.07 Å². The maximum Gasteiger partial charge on any atom is 0.461 e. The Morgan fingerprint density at radius 1 is 0.950 bits per heavy atom. The van der Waals surface area contributed by atoms with E-state index in [4.69, 9.17) is 11.6 Å². The first-order valence-electron chi connectivity index (χ1n) is 4.64. The summed E-state index contributed by atoms with van der Waals surface area (Å²) < 4.78 is 98.6. The lowest BCUT2D eigenvalue weighted by Crippen LogP contribution is -2.44. The van der Waals surface area contributed by atoms with Crippen LogP contribution in [0.1, 0.15) is 15.9 Å². The number of Topliss-reactive ketones (excluding diaryl/α,β-unsaturated/α-hetero) is 1. The summed E-state index contributed by atoms with van der Waals surface area (Å²) in [7, 11) is 0. The van der Waals surface area contributed by atoms with Gasteiger partial charge in [0.25, 0.3) is 0 Å². The fraction of sp³-hybridized carbons (Fsp3) is 0.300. The fourth-order valence-electron chi connectivity index (χ4n) is 1.17. The third kappa shape index (κ3) is 3.02. The van der Waals surface area contributed by atoms with Crippen molar-refractivity contribution >= 4 is 17.4 Å². The zero-order valence-electron chi connectivity index (χ0n) is 9.04. The van der Waals surface area contributed by atoms with Gasteiger partial charge >= 0.3 is 18.3 Å². The smallest absolute Gasteiger partial charge is 0.287 e. The third-order valence-corrected chi connectivity index (χ3v) is 2.51. The van der Waals surface area contributed by atoms with Crippen LogP contribution in [0.2, 0.25) is 5.02 Å². The molecule has 1 aromatic rings. The van der Waals surface area contributed by atoms with Crippen molar-refractivity contribution in [3.05, 3.63) is 34.3 Å². The molecule has 0 atom stereocenters. The Morgan fingerprint density at radius 2 is 1.45 bits per heavy atom. The van der Waals surface area contributed by atoms with Gasteiger partial charge in [-0.15, -0.1) is 0 Å². The van der Waals surface area contributed by atoms with Crippen LogP contribution in [-0.4, -0.2) is 17.9 Å². The molecule has 0 saturated carbocycles. The second-order valence-electron chi connectivity index (χ2n) is 3.59. The van der Waals surface area contributed by atoms with Crippen LogP contribution in [-0.2, 0) is 6.18 Å². The maximum atomic E-state index is 12.8. The van der Waals surface area contributed by atoms with Crippen LogP contribution in [0, 0.1) is 0 Å². The summed E-state index contributed by atoms with van der Waals surface area (Å²) in [5.74, 6) is -8.68. The Bertz CT molecular complexity index is 531. The maximum absolute atomic E-state index is 12.8. The molecule has 0 bridgehead atoms. The molecule has 0 aliphatic heterocycles. The van der Waals surface area contributed by atoms with E-state index in [2.05, 4.69) is 0 Å². The van der Waals surface area contributed by atoms with Crippen LogP contribution in [0.5, 0.6) is 0 Å². The SMILES string of the molecule is O=C(c1cc(C(F)(F)F)ccc1Cl)C(F)(F)C(F)(F)F. The van der Waals surface area contributed by atoms with Crippen LogP contribution in [0.25, 0.3) is 0 Å². The summed E-state index contributed by atoms with van der Waals surface area (Å²) in [6.45, 7) is 0. The van der Waals surface area contributed by atoms with Crippen molar-refractivity contribution in [3.63, 3.8) is 0 Å². The molecule has 0 fully saturated rings. The topological polar surface area (TPSA) is 17.1 Å². The van der Waals surface area contributed by atoms with Gasteiger partial charge in [0.15, 0.2) is 0 Å². The highest BCUT2D eigenvalue weighted by atomic mass is 35.5. The van der Waals surface area contributed by atoms with Crippen LogP contribution in [0.3, 0.4) is 0 Å². The van der Waals surface area contributed by atoms with E-state index in [0.29, 0.717) is 12.1 Å². The largest absolute Gasteiger partial charge is 0.461 e. The molecule has 0 spiro atoms. The molecule has 0 aliphatic rings. The Labute approximate surface area is 111 Å². The van der Waals surface area contributed by atoms with Crippen LogP contribution < -0.4 is 0 Å². The number of hydrogen-bond donors (Lipinski definition) is 0. The van der Waals surface area contributed by atoms with Crippen molar-refractivity contribution in [1.82, 2.24) is 0 Å². The van der Waals surface area contributed by atoms with Gasteiger partial charge in [-0.2, -0.15) is 35.1 Å². The van der Waals surface area contributed by atoms with Crippen molar-refractivity contribution in [2.75, 3.05) is 0 Å². The zero-order valence-corrected chi connectivity index (χ0v) is 9.80. The summed E-state index contributed by atoms with van der Waals surface area (Å²) in [6.07, 6.45) is -11.3. The van der Waals surface area contributed by atoms with E-state index in [1.54, 1.807) is 0 Å². The molecule has 0 aliphatic carbocycles. The van der Waals surface area contributed by atoms with Crippen molar-refractivity contribution < 1.29 is 39.9 Å². The molecular weight excluding hydrogens is 324 g/mol. The van der Waals surface area contributed by atoms with E-state index in [0.717, 1.165) is 0 Å². The standard InChI is InChI=1S/C10H3ClF8O/c11-6-2-1-4(9(14,15)16)3-5(6)7(20)8(12,13)10(17,18)19/h1-3H. The minimum atomic E-state index is -6.23. The van der Waals surface area contributed by atoms with E-state index >= 15 is 0 Å². The van der Waals surface area contributed by atoms with Gasteiger partial charge in [-0.05, 0) is 18.2 Å². The second kappa shape index (κ2) is 4.87. The highest BCUT2D eigenvalue weighted by Crippen LogP contribution is 2.40. The van der Waals surface area contributed by atoms with Gasteiger partial charge < -0.3 is 0 Å². The van der Waals surface area contributed by atoms with Gasteiger partial charge in [-0.25, -0.2) is 0 Å². The predicted molar refractivity (Wildman–Crippen MR) is 51.8 cm³/mol. The van der Waals surface area contributed by atoms with Gasteiger partial charge in [-0.1, -0.05) is 11.6 Å². The number of rotatable bonds is 2. The quantitative estimate of drug-likeness (QED) is 0.567. The summed E-state index contributed by atoms with van der Waals surface area (Å²) >= 11 is 5.21. The first kappa shape index (κ1) is 16.7. The van der Waals surface area contributed by atoms with Crippen molar-refractivity contribution in [2.24, 2.45) is 0 Å². The van der Waals surface area contributed by atoms with Crippen molar-refractivity contribution in [2.45, 2.75) is 18.3 Å². The number of carbonyl (C=O) groups is 1. The van der Waals surface area contributed by atoms with Crippen LogP contribution >= 0.6 is 11.6 Å². The number of ketones is 1. The number of benzene rings is 1. The van der Waals surface area contributed by atoms with Crippen LogP contribution in [0.4, 0.5) is 35.1 Å². The monoisotopic (exact) mass is 326 g/mol. The van der Waals surface area contributed by atoms with Gasteiger partial charge in [-0.3, -0.25) is 4.79 Å². The molecule has 0 aromatic heterocycles. The number of alkyl halides is 8. The number of carbonyl (C=O) groups excluding carboxylic acids is 1. The first-order chi connectivity index (χ1) is 8.78. The molecule has 20 heavy (non-hydrogen) atoms. The molecule has 1 nitrogen and oxygen atoms in total. The Balaban J connectivity index is 3.37. The molecule has 1 aromatic carbocycles. The highest BCUT2D eigenvalue weighted by molar-refractivity contribution is 6.34.